The molecule has 0 fully saturated rings. The van der Waals surface area contributed by atoms with E-state index in [9.17, 15) is 9.59 Å². The molecule has 1 aromatic carbocycles. The van der Waals surface area contributed by atoms with Gasteiger partial charge in [0.25, 0.3) is 5.91 Å². The van der Waals surface area contributed by atoms with Crippen molar-refractivity contribution < 1.29 is 14.3 Å². The Labute approximate surface area is 92.6 Å². The van der Waals surface area contributed by atoms with Crippen LogP contribution in [-0.4, -0.2) is 18.4 Å². The van der Waals surface area contributed by atoms with Crippen molar-refractivity contribution in [3.8, 4) is 5.75 Å². The number of carbonyl (C=O) groups excluding carboxylic acids is 2. The van der Waals surface area contributed by atoms with Gasteiger partial charge in [0, 0.05) is 17.7 Å². The summed E-state index contributed by atoms with van der Waals surface area (Å²) in [6, 6.07) is 5.34. The Hall–Kier alpha value is -2.04. The number of anilines is 1. The van der Waals surface area contributed by atoms with Gasteiger partial charge in [-0.25, -0.2) is 0 Å². The standard InChI is InChI=1S/C11H12N2O3/c12-10(14)6-16-9-3-1-2-8-7(9)4-5-11(15)13-8/h1-3H,4-6H2,(H2,12,14)(H,13,15). The molecule has 1 aromatic rings. The fraction of sp³-hybridized carbons (Fsp3) is 0.273. The molecule has 0 unspecified atom stereocenters. The van der Waals surface area contributed by atoms with Gasteiger partial charge < -0.3 is 15.8 Å². The number of nitrogens with one attached hydrogen (secondary N) is 1. The van der Waals surface area contributed by atoms with Crippen LogP contribution < -0.4 is 15.8 Å². The Balaban J connectivity index is 2.23. The normalized spacial score (nSPS) is 13.9. The Kier molecular flexibility index (Phi) is 2.76. The lowest BCUT2D eigenvalue weighted by molar-refractivity contribution is -0.120. The highest BCUT2D eigenvalue weighted by atomic mass is 16.5. The predicted molar refractivity (Wildman–Crippen MR) is 58.1 cm³/mol. The molecule has 16 heavy (non-hydrogen) atoms. The zero-order chi connectivity index (χ0) is 11.5. The molecule has 5 nitrogen and oxygen atoms in total. The van der Waals surface area contributed by atoms with Gasteiger partial charge in [0.05, 0.1) is 0 Å². The molecule has 0 spiro atoms. The third kappa shape index (κ3) is 2.13. The van der Waals surface area contributed by atoms with Crippen LogP contribution in [0.1, 0.15) is 12.0 Å². The van der Waals surface area contributed by atoms with E-state index in [0.717, 1.165) is 11.3 Å². The van der Waals surface area contributed by atoms with Gasteiger partial charge in [0.15, 0.2) is 6.61 Å². The van der Waals surface area contributed by atoms with Gasteiger partial charge in [-0.1, -0.05) is 6.07 Å². The quantitative estimate of drug-likeness (QED) is 0.775. The minimum atomic E-state index is -0.516. The maximum absolute atomic E-state index is 11.2. The fourth-order valence-corrected chi connectivity index (χ4v) is 1.68. The molecular weight excluding hydrogens is 208 g/mol. The molecule has 0 saturated heterocycles. The van der Waals surface area contributed by atoms with Crippen LogP contribution in [0.15, 0.2) is 18.2 Å². The summed E-state index contributed by atoms with van der Waals surface area (Å²) in [5.41, 5.74) is 6.67. The maximum atomic E-state index is 11.2. The zero-order valence-electron chi connectivity index (χ0n) is 8.66. The third-order valence-electron chi connectivity index (χ3n) is 2.38. The van der Waals surface area contributed by atoms with Crippen molar-refractivity contribution in [2.75, 3.05) is 11.9 Å². The number of amides is 2. The van der Waals surface area contributed by atoms with E-state index in [1.54, 1.807) is 12.1 Å². The van der Waals surface area contributed by atoms with E-state index in [2.05, 4.69) is 5.32 Å². The molecule has 0 bridgehead atoms. The molecule has 0 radical (unpaired) electrons. The molecule has 2 amide bonds. The second-order valence-corrected chi connectivity index (χ2v) is 3.59. The molecule has 0 aliphatic carbocycles. The molecule has 1 heterocycles. The lowest BCUT2D eigenvalue weighted by atomic mass is 10.0. The van der Waals surface area contributed by atoms with Crippen molar-refractivity contribution in [3.05, 3.63) is 23.8 Å². The zero-order valence-corrected chi connectivity index (χ0v) is 8.66. The van der Waals surface area contributed by atoms with E-state index < -0.39 is 5.91 Å². The van der Waals surface area contributed by atoms with Crippen molar-refractivity contribution >= 4 is 17.5 Å². The second-order valence-electron chi connectivity index (χ2n) is 3.59. The van der Waals surface area contributed by atoms with Crippen LogP contribution in [0, 0.1) is 0 Å². The predicted octanol–water partition coefficient (Wildman–Crippen LogP) is 0.435. The number of benzene rings is 1. The van der Waals surface area contributed by atoms with Crippen LogP contribution in [0.25, 0.3) is 0 Å². The minimum absolute atomic E-state index is 0.000416. The summed E-state index contributed by atoms with van der Waals surface area (Å²) in [6.07, 6.45) is 1.06. The summed E-state index contributed by atoms with van der Waals surface area (Å²) in [7, 11) is 0. The smallest absolute Gasteiger partial charge is 0.255 e. The Morgan fingerprint density at radius 3 is 3.00 bits per heavy atom. The summed E-state index contributed by atoms with van der Waals surface area (Å²) < 4.78 is 5.28. The van der Waals surface area contributed by atoms with E-state index in [0.29, 0.717) is 18.6 Å². The van der Waals surface area contributed by atoms with Crippen LogP contribution >= 0.6 is 0 Å². The van der Waals surface area contributed by atoms with Gasteiger partial charge in [0.2, 0.25) is 5.91 Å². The SMILES string of the molecule is NC(=O)COc1cccc2c1CCC(=O)N2. The number of hydrogen-bond donors (Lipinski definition) is 2. The Bertz CT molecular complexity index is 443. The molecule has 5 heteroatoms. The van der Waals surface area contributed by atoms with Gasteiger partial charge in [-0.2, -0.15) is 0 Å². The van der Waals surface area contributed by atoms with E-state index in [-0.39, 0.29) is 12.5 Å². The maximum Gasteiger partial charge on any atom is 0.255 e. The first kappa shape index (κ1) is 10.5. The Morgan fingerprint density at radius 1 is 1.44 bits per heavy atom. The van der Waals surface area contributed by atoms with Crippen LogP contribution in [0.3, 0.4) is 0 Å². The van der Waals surface area contributed by atoms with Gasteiger partial charge in [0.1, 0.15) is 5.75 Å². The van der Waals surface area contributed by atoms with Crippen LogP contribution in [0.4, 0.5) is 5.69 Å². The summed E-state index contributed by atoms with van der Waals surface area (Å²) in [5.74, 6) is 0.0910. The number of carbonyl (C=O) groups is 2. The lowest BCUT2D eigenvalue weighted by Gasteiger charge is -2.19. The van der Waals surface area contributed by atoms with Crippen molar-refractivity contribution in [2.24, 2.45) is 5.73 Å². The first-order chi connectivity index (χ1) is 7.66. The third-order valence-corrected chi connectivity index (χ3v) is 2.38. The average molecular weight is 220 g/mol. The first-order valence-corrected chi connectivity index (χ1v) is 4.99. The summed E-state index contributed by atoms with van der Waals surface area (Å²) >= 11 is 0. The lowest BCUT2D eigenvalue weighted by Crippen LogP contribution is -2.22. The van der Waals surface area contributed by atoms with Crippen molar-refractivity contribution in [3.63, 3.8) is 0 Å². The Morgan fingerprint density at radius 2 is 2.25 bits per heavy atom. The van der Waals surface area contributed by atoms with Crippen molar-refractivity contribution in [1.29, 1.82) is 0 Å². The second kappa shape index (κ2) is 4.22. The highest BCUT2D eigenvalue weighted by Gasteiger charge is 2.18. The van der Waals surface area contributed by atoms with Gasteiger partial charge in [-0.05, 0) is 18.6 Å². The number of ether oxygens (including phenoxy) is 1. The minimum Gasteiger partial charge on any atom is -0.483 e. The number of hydrogen-bond acceptors (Lipinski definition) is 3. The first-order valence-electron chi connectivity index (χ1n) is 4.99. The molecule has 1 aliphatic rings. The van der Waals surface area contributed by atoms with Crippen LogP contribution in [-0.2, 0) is 16.0 Å². The van der Waals surface area contributed by atoms with E-state index in [1.807, 2.05) is 6.07 Å². The highest BCUT2D eigenvalue weighted by Crippen LogP contribution is 2.30. The summed E-state index contributed by atoms with van der Waals surface area (Å²) in [4.78, 5) is 21.8. The number of fused-ring (bicyclic) bond motifs is 1. The van der Waals surface area contributed by atoms with Gasteiger partial charge in [-0.3, -0.25) is 9.59 Å². The van der Waals surface area contributed by atoms with Crippen molar-refractivity contribution in [1.82, 2.24) is 0 Å². The summed E-state index contributed by atoms with van der Waals surface area (Å²) in [5, 5.41) is 2.75. The fourth-order valence-electron chi connectivity index (χ4n) is 1.68. The monoisotopic (exact) mass is 220 g/mol. The van der Waals surface area contributed by atoms with Gasteiger partial charge in [-0.15, -0.1) is 0 Å². The largest absolute Gasteiger partial charge is 0.483 e. The van der Waals surface area contributed by atoms with E-state index in [4.69, 9.17) is 10.5 Å². The molecule has 3 N–H and O–H groups in total. The highest BCUT2D eigenvalue weighted by molar-refractivity contribution is 5.94. The molecule has 2 rings (SSSR count). The average Bonchev–Trinajstić information content (AvgIpc) is 2.25. The number of rotatable bonds is 3. The van der Waals surface area contributed by atoms with Crippen LogP contribution in [0.5, 0.6) is 5.75 Å². The summed E-state index contributed by atoms with van der Waals surface area (Å²) in [6.45, 7) is -0.148. The topological polar surface area (TPSA) is 81.4 Å². The van der Waals surface area contributed by atoms with E-state index >= 15 is 0 Å². The molecule has 0 aromatic heterocycles. The number of primary amides is 1. The van der Waals surface area contributed by atoms with Crippen molar-refractivity contribution in [2.45, 2.75) is 12.8 Å². The molecule has 1 aliphatic heterocycles. The molecule has 84 valence electrons. The van der Waals surface area contributed by atoms with Crippen LogP contribution in [0.2, 0.25) is 0 Å². The molecule has 0 atom stereocenters. The van der Waals surface area contributed by atoms with E-state index in [1.165, 1.54) is 0 Å². The van der Waals surface area contributed by atoms with Gasteiger partial charge >= 0.3 is 0 Å². The molecule has 0 saturated carbocycles. The molecular formula is C11H12N2O3. The number of nitrogens with two attached hydrogens (primary N) is 1.